The number of fused-ring (bicyclic) bond motifs is 1. The fourth-order valence-corrected chi connectivity index (χ4v) is 2.80. The molecule has 1 fully saturated rings. The first-order valence-electron chi connectivity index (χ1n) is 7.32. The Morgan fingerprint density at radius 1 is 1.64 bits per heavy atom. The van der Waals surface area contributed by atoms with Gasteiger partial charge in [-0.2, -0.15) is 4.98 Å². The number of ether oxygens (including phenoxy) is 1. The standard InChI is InChI=1S/C14H16FN5O5/c1-6(21)8-9(22)14(24,3-2-4-15)12(25-8)20-5-17-7-10(20)18-13(16)19-11(7)23/h5-6,8-9,12,21-22,24H,4H2,1H3,(H3,16,18,19,23)/t6-,8+,9?,12+,14+/m0/s1. The molecule has 25 heavy (non-hydrogen) atoms. The van der Waals surface area contributed by atoms with Crippen molar-refractivity contribution in [2.24, 2.45) is 0 Å². The molecule has 3 heterocycles. The van der Waals surface area contributed by atoms with Crippen molar-refractivity contribution in [3.63, 3.8) is 0 Å². The SMILES string of the molecule is C[C@H](O)[C@H]1O[C@@H](n2cnc3c(=O)[nH]c(N)nc32)[C@@](O)(C#CCF)C1O. The van der Waals surface area contributed by atoms with E-state index in [1.165, 1.54) is 6.92 Å². The molecule has 3 rings (SSSR count). The predicted molar refractivity (Wildman–Crippen MR) is 82.9 cm³/mol. The first-order valence-corrected chi connectivity index (χ1v) is 7.32. The largest absolute Gasteiger partial charge is 0.391 e. The van der Waals surface area contributed by atoms with E-state index in [4.69, 9.17) is 10.5 Å². The molecule has 2 aromatic rings. The monoisotopic (exact) mass is 353 g/mol. The summed E-state index contributed by atoms with van der Waals surface area (Å²) in [7, 11) is 0. The van der Waals surface area contributed by atoms with Gasteiger partial charge in [0, 0.05) is 0 Å². The van der Waals surface area contributed by atoms with Crippen molar-refractivity contribution in [2.45, 2.75) is 37.1 Å². The minimum absolute atomic E-state index is 0.0230. The second-order valence-electron chi connectivity index (χ2n) is 5.67. The third-order valence-corrected chi connectivity index (χ3v) is 3.96. The highest BCUT2D eigenvalue weighted by Crippen LogP contribution is 2.40. The fourth-order valence-electron chi connectivity index (χ4n) is 2.80. The van der Waals surface area contributed by atoms with Crippen LogP contribution in [0.2, 0.25) is 0 Å². The summed E-state index contributed by atoms with van der Waals surface area (Å²) < 4.78 is 19.2. The van der Waals surface area contributed by atoms with E-state index < -0.39 is 42.4 Å². The number of halogens is 1. The quantitative estimate of drug-likeness (QED) is 0.389. The number of hydrogen-bond donors (Lipinski definition) is 5. The minimum Gasteiger partial charge on any atom is -0.391 e. The highest BCUT2D eigenvalue weighted by atomic mass is 19.1. The molecule has 1 saturated heterocycles. The number of alkyl halides is 1. The Balaban J connectivity index is 2.18. The van der Waals surface area contributed by atoms with Gasteiger partial charge in [-0.3, -0.25) is 14.3 Å². The van der Waals surface area contributed by atoms with E-state index in [1.54, 1.807) is 0 Å². The lowest BCUT2D eigenvalue weighted by Gasteiger charge is -2.26. The number of hydrogen-bond acceptors (Lipinski definition) is 8. The van der Waals surface area contributed by atoms with Crippen LogP contribution in [0.3, 0.4) is 0 Å². The normalized spacial score (nSPS) is 30.2. The van der Waals surface area contributed by atoms with Crippen molar-refractivity contribution in [2.75, 3.05) is 12.4 Å². The zero-order valence-corrected chi connectivity index (χ0v) is 13.0. The molecule has 1 unspecified atom stereocenters. The molecule has 0 spiro atoms. The molecular weight excluding hydrogens is 337 g/mol. The molecule has 6 N–H and O–H groups in total. The molecule has 0 saturated carbocycles. The molecule has 0 amide bonds. The minimum atomic E-state index is -2.26. The Hall–Kier alpha value is -2.52. The number of nitrogens with one attached hydrogen (secondary N) is 1. The van der Waals surface area contributed by atoms with Crippen molar-refractivity contribution in [1.82, 2.24) is 19.5 Å². The van der Waals surface area contributed by atoms with Gasteiger partial charge >= 0.3 is 0 Å². The van der Waals surface area contributed by atoms with Gasteiger partial charge in [-0.05, 0) is 6.92 Å². The molecule has 10 nitrogen and oxygen atoms in total. The lowest BCUT2D eigenvalue weighted by atomic mass is 9.93. The summed E-state index contributed by atoms with van der Waals surface area (Å²) in [6.07, 6.45) is -4.26. The second-order valence-corrected chi connectivity index (χ2v) is 5.67. The van der Waals surface area contributed by atoms with Crippen LogP contribution in [0.5, 0.6) is 0 Å². The maximum Gasteiger partial charge on any atom is 0.280 e. The summed E-state index contributed by atoms with van der Waals surface area (Å²) in [5.41, 5.74) is 2.56. The van der Waals surface area contributed by atoms with Crippen LogP contribution in [0.15, 0.2) is 11.1 Å². The second kappa shape index (κ2) is 6.08. The summed E-state index contributed by atoms with van der Waals surface area (Å²) in [5, 5.41) is 30.9. The van der Waals surface area contributed by atoms with Crippen LogP contribution in [-0.2, 0) is 4.74 Å². The lowest BCUT2D eigenvalue weighted by Crippen LogP contribution is -2.47. The third-order valence-electron chi connectivity index (χ3n) is 3.96. The van der Waals surface area contributed by atoms with E-state index in [1.807, 2.05) is 5.92 Å². The van der Waals surface area contributed by atoms with Gasteiger partial charge in [0.05, 0.1) is 12.4 Å². The summed E-state index contributed by atoms with van der Waals surface area (Å²) >= 11 is 0. The number of anilines is 1. The molecule has 0 aromatic carbocycles. The zero-order valence-electron chi connectivity index (χ0n) is 13.0. The Kier molecular flexibility index (Phi) is 4.21. The van der Waals surface area contributed by atoms with Gasteiger partial charge in [-0.25, -0.2) is 9.37 Å². The molecule has 0 bridgehead atoms. The topological polar surface area (TPSA) is 160 Å². The van der Waals surface area contributed by atoms with Gasteiger partial charge in [-0.1, -0.05) is 11.8 Å². The molecule has 134 valence electrons. The molecule has 1 aliphatic rings. The molecule has 0 aliphatic carbocycles. The lowest BCUT2D eigenvalue weighted by molar-refractivity contribution is -0.0847. The number of rotatable bonds is 2. The molecular formula is C14H16FN5O5. The van der Waals surface area contributed by atoms with Crippen LogP contribution in [0.25, 0.3) is 11.2 Å². The van der Waals surface area contributed by atoms with Gasteiger partial charge in [-0.15, -0.1) is 0 Å². The number of nitrogen functional groups attached to an aromatic ring is 1. The maximum atomic E-state index is 12.5. The summed E-state index contributed by atoms with van der Waals surface area (Å²) in [6.45, 7) is 0.295. The first kappa shape index (κ1) is 17.3. The van der Waals surface area contributed by atoms with E-state index >= 15 is 0 Å². The van der Waals surface area contributed by atoms with Crippen LogP contribution >= 0.6 is 0 Å². The number of aromatic nitrogens is 4. The number of imidazole rings is 1. The molecule has 2 aromatic heterocycles. The number of H-pyrrole nitrogens is 1. The van der Waals surface area contributed by atoms with Gasteiger partial charge in [0.15, 0.2) is 23.0 Å². The summed E-state index contributed by atoms with van der Waals surface area (Å²) in [5.74, 6) is 4.08. The van der Waals surface area contributed by atoms with E-state index in [0.717, 1.165) is 10.9 Å². The smallest absolute Gasteiger partial charge is 0.280 e. The Labute approximate surface area is 140 Å². The van der Waals surface area contributed by atoms with Crippen molar-refractivity contribution >= 4 is 17.1 Å². The maximum absolute atomic E-state index is 12.5. The third kappa shape index (κ3) is 2.65. The van der Waals surface area contributed by atoms with Crippen molar-refractivity contribution in [1.29, 1.82) is 0 Å². The van der Waals surface area contributed by atoms with E-state index in [9.17, 15) is 24.5 Å². The van der Waals surface area contributed by atoms with Crippen LogP contribution in [0.4, 0.5) is 10.3 Å². The van der Waals surface area contributed by atoms with Crippen molar-refractivity contribution < 1.29 is 24.4 Å². The van der Waals surface area contributed by atoms with Gasteiger partial charge in [0.2, 0.25) is 5.95 Å². The van der Waals surface area contributed by atoms with Gasteiger partial charge in [0.1, 0.15) is 18.9 Å². The van der Waals surface area contributed by atoms with E-state index in [-0.39, 0.29) is 17.1 Å². The fraction of sp³-hybridized carbons (Fsp3) is 0.500. The van der Waals surface area contributed by atoms with Gasteiger partial charge in [0.25, 0.3) is 5.56 Å². The van der Waals surface area contributed by atoms with Gasteiger partial charge < -0.3 is 25.8 Å². The first-order chi connectivity index (χ1) is 11.8. The van der Waals surface area contributed by atoms with Crippen LogP contribution in [0.1, 0.15) is 13.2 Å². The number of nitrogens with two attached hydrogens (primary N) is 1. The summed E-state index contributed by atoms with van der Waals surface area (Å²) in [6, 6.07) is 0. The number of aromatic amines is 1. The molecule has 1 aliphatic heterocycles. The predicted octanol–water partition coefficient (Wildman–Crippen LogP) is -1.96. The highest BCUT2D eigenvalue weighted by Gasteiger charge is 2.57. The number of nitrogens with zero attached hydrogens (tertiary/aromatic N) is 3. The highest BCUT2D eigenvalue weighted by molar-refractivity contribution is 5.70. The zero-order chi connectivity index (χ0) is 18.4. The summed E-state index contributed by atoms with van der Waals surface area (Å²) in [4.78, 5) is 22.0. The Morgan fingerprint density at radius 2 is 2.36 bits per heavy atom. The average molecular weight is 353 g/mol. The number of aliphatic hydroxyl groups is 3. The van der Waals surface area contributed by atoms with Crippen LogP contribution in [-0.4, -0.2) is 65.4 Å². The van der Waals surface area contributed by atoms with E-state index in [0.29, 0.717) is 0 Å². The van der Waals surface area contributed by atoms with E-state index in [2.05, 4.69) is 20.9 Å². The Morgan fingerprint density at radius 3 is 3.00 bits per heavy atom. The Bertz CT molecular complexity index is 916. The molecule has 5 atom stereocenters. The van der Waals surface area contributed by atoms with Crippen LogP contribution < -0.4 is 11.3 Å². The molecule has 0 radical (unpaired) electrons. The number of aliphatic hydroxyl groups excluding tert-OH is 2. The average Bonchev–Trinajstić information content (AvgIpc) is 3.06. The van der Waals surface area contributed by atoms with Crippen LogP contribution in [0, 0.1) is 11.8 Å². The molecule has 11 heteroatoms. The van der Waals surface area contributed by atoms with Crippen molar-refractivity contribution in [3.8, 4) is 11.8 Å². The van der Waals surface area contributed by atoms with Crippen molar-refractivity contribution in [3.05, 3.63) is 16.7 Å².